The zero-order chi connectivity index (χ0) is 22.1. The van der Waals surface area contributed by atoms with Gasteiger partial charge in [0.2, 0.25) is 0 Å². The zero-order valence-corrected chi connectivity index (χ0v) is 18.9. The Kier molecular flexibility index (Phi) is 8.46. The van der Waals surface area contributed by atoms with Gasteiger partial charge in [0.05, 0.1) is 0 Å². The van der Waals surface area contributed by atoms with Crippen LogP contribution >= 0.6 is 0 Å². The van der Waals surface area contributed by atoms with Crippen molar-refractivity contribution in [2.75, 3.05) is 33.7 Å². The standard InChI is InChI=1S/C27H33N3O/c1-4-28-16-6-5-8-22-9-7-10-25(18-22)27(31)19-23-11-13-24(14-12-23)20-30-17-15-26(21-30)29(2)3/h6-7,9-14,16,18,26,28H,4,15,17,19-21H2,1-3H3/b16-6+/t26-/m1/s1. The first kappa shape index (κ1) is 22.8. The van der Waals surface area contributed by atoms with Crippen molar-refractivity contribution in [1.29, 1.82) is 0 Å². The van der Waals surface area contributed by atoms with Crippen molar-refractivity contribution in [2.45, 2.75) is 32.4 Å². The van der Waals surface area contributed by atoms with Gasteiger partial charge in [0.25, 0.3) is 0 Å². The van der Waals surface area contributed by atoms with Gasteiger partial charge in [-0.25, -0.2) is 0 Å². The molecule has 1 aliphatic heterocycles. The third-order valence-electron chi connectivity index (χ3n) is 5.66. The van der Waals surface area contributed by atoms with Gasteiger partial charge < -0.3 is 10.2 Å². The Balaban J connectivity index is 1.55. The molecule has 0 aromatic heterocycles. The van der Waals surface area contributed by atoms with E-state index in [0.717, 1.165) is 37.3 Å². The minimum Gasteiger partial charge on any atom is -0.391 e. The van der Waals surface area contributed by atoms with Gasteiger partial charge in [-0.15, -0.1) is 0 Å². The van der Waals surface area contributed by atoms with E-state index in [2.05, 4.69) is 65.3 Å². The molecule has 0 unspecified atom stereocenters. The summed E-state index contributed by atoms with van der Waals surface area (Å²) in [6, 6.07) is 16.7. The molecule has 0 aliphatic carbocycles. The topological polar surface area (TPSA) is 35.6 Å². The van der Waals surface area contributed by atoms with Gasteiger partial charge in [-0.2, -0.15) is 0 Å². The summed E-state index contributed by atoms with van der Waals surface area (Å²) in [6.45, 7) is 6.15. The molecule has 0 bridgehead atoms. The summed E-state index contributed by atoms with van der Waals surface area (Å²) in [4.78, 5) is 17.6. The van der Waals surface area contributed by atoms with Gasteiger partial charge in [0, 0.05) is 62.0 Å². The molecule has 4 heteroatoms. The van der Waals surface area contributed by atoms with Crippen LogP contribution in [0.5, 0.6) is 0 Å². The predicted molar refractivity (Wildman–Crippen MR) is 128 cm³/mol. The van der Waals surface area contributed by atoms with Crippen molar-refractivity contribution in [3.05, 3.63) is 83.1 Å². The fraction of sp³-hybridized carbons (Fsp3) is 0.370. The Labute approximate surface area is 186 Å². The highest BCUT2D eigenvalue weighted by Gasteiger charge is 2.23. The molecule has 1 saturated heterocycles. The van der Waals surface area contributed by atoms with Gasteiger partial charge in [-0.1, -0.05) is 48.2 Å². The van der Waals surface area contributed by atoms with Crippen molar-refractivity contribution in [3.8, 4) is 11.8 Å². The lowest BCUT2D eigenvalue weighted by molar-refractivity contribution is 0.0993. The molecule has 0 saturated carbocycles. The van der Waals surface area contributed by atoms with Crippen LogP contribution < -0.4 is 5.32 Å². The molecule has 0 radical (unpaired) electrons. The number of rotatable bonds is 8. The third-order valence-corrected chi connectivity index (χ3v) is 5.66. The highest BCUT2D eigenvalue weighted by Crippen LogP contribution is 2.17. The Hall–Kier alpha value is -2.87. The first-order valence-corrected chi connectivity index (χ1v) is 11.0. The van der Waals surface area contributed by atoms with E-state index in [9.17, 15) is 4.79 Å². The van der Waals surface area contributed by atoms with Crippen LogP contribution in [0.15, 0.2) is 60.8 Å². The van der Waals surface area contributed by atoms with Crippen LogP contribution in [-0.2, 0) is 13.0 Å². The summed E-state index contributed by atoms with van der Waals surface area (Å²) in [7, 11) is 4.31. The molecular weight excluding hydrogens is 382 g/mol. The monoisotopic (exact) mass is 415 g/mol. The second-order valence-corrected chi connectivity index (χ2v) is 8.30. The molecule has 1 heterocycles. The predicted octanol–water partition coefficient (Wildman–Crippen LogP) is 3.72. The van der Waals surface area contributed by atoms with Gasteiger partial charge >= 0.3 is 0 Å². The molecule has 1 N–H and O–H groups in total. The first-order chi connectivity index (χ1) is 15.0. The minimum absolute atomic E-state index is 0.118. The van der Waals surface area contributed by atoms with E-state index in [1.165, 1.54) is 12.0 Å². The van der Waals surface area contributed by atoms with Crippen LogP contribution in [0.2, 0.25) is 0 Å². The number of benzene rings is 2. The summed E-state index contributed by atoms with van der Waals surface area (Å²) >= 11 is 0. The van der Waals surface area contributed by atoms with E-state index in [1.54, 1.807) is 6.08 Å². The van der Waals surface area contributed by atoms with Crippen LogP contribution in [0.3, 0.4) is 0 Å². The van der Waals surface area contributed by atoms with E-state index in [1.807, 2.05) is 37.4 Å². The number of allylic oxidation sites excluding steroid dienone is 1. The van der Waals surface area contributed by atoms with Crippen molar-refractivity contribution in [3.63, 3.8) is 0 Å². The van der Waals surface area contributed by atoms with Crippen LogP contribution in [0.4, 0.5) is 0 Å². The molecule has 3 rings (SSSR count). The Morgan fingerprint density at radius 2 is 1.97 bits per heavy atom. The van der Waals surface area contributed by atoms with Crippen LogP contribution in [0, 0.1) is 11.8 Å². The highest BCUT2D eigenvalue weighted by molar-refractivity contribution is 5.97. The van der Waals surface area contributed by atoms with Crippen LogP contribution in [-0.4, -0.2) is 55.4 Å². The maximum Gasteiger partial charge on any atom is 0.167 e. The van der Waals surface area contributed by atoms with Crippen molar-refractivity contribution in [2.24, 2.45) is 0 Å². The van der Waals surface area contributed by atoms with E-state index in [-0.39, 0.29) is 5.78 Å². The van der Waals surface area contributed by atoms with Crippen molar-refractivity contribution < 1.29 is 4.79 Å². The Bertz CT molecular complexity index is 950. The quantitative estimate of drug-likeness (QED) is 0.527. The Morgan fingerprint density at radius 3 is 2.68 bits per heavy atom. The molecule has 2 aromatic rings. The van der Waals surface area contributed by atoms with Gasteiger partial charge in [-0.05, 0) is 50.7 Å². The number of Topliss-reactive ketones (excluding diaryl/α,β-unsaturated/α-hetero) is 1. The summed E-state index contributed by atoms with van der Waals surface area (Å²) in [6.07, 6.45) is 5.25. The lowest BCUT2D eigenvalue weighted by Crippen LogP contribution is -2.31. The van der Waals surface area contributed by atoms with E-state index in [0.29, 0.717) is 18.0 Å². The number of carbonyl (C=O) groups is 1. The lowest BCUT2D eigenvalue weighted by atomic mass is 10.0. The zero-order valence-electron chi connectivity index (χ0n) is 18.9. The van der Waals surface area contributed by atoms with E-state index < -0.39 is 0 Å². The summed E-state index contributed by atoms with van der Waals surface area (Å²) in [5.74, 6) is 6.18. The fourth-order valence-electron chi connectivity index (χ4n) is 3.80. The molecule has 31 heavy (non-hydrogen) atoms. The molecule has 1 atom stereocenters. The van der Waals surface area contributed by atoms with Crippen molar-refractivity contribution >= 4 is 5.78 Å². The lowest BCUT2D eigenvalue weighted by Gasteiger charge is -2.20. The SMILES string of the molecule is CCN/C=C/C#Cc1cccc(C(=O)Cc2ccc(CN3CC[C@@H](N(C)C)C3)cc2)c1. The third kappa shape index (κ3) is 7.10. The minimum atomic E-state index is 0.118. The number of carbonyl (C=O) groups excluding carboxylic acids is 1. The van der Waals surface area contributed by atoms with Crippen LogP contribution in [0.25, 0.3) is 0 Å². The average molecular weight is 416 g/mol. The van der Waals surface area contributed by atoms with E-state index >= 15 is 0 Å². The first-order valence-electron chi connectivity index (χ1n) is 11.0. The Morgan fingerprint density at radius 1 is 1.19 bits per heavy atom. The second-order valence-electron chi connectivity index (χ2n) is 8.30. The van der Waals surface area contributed by atoms with Gasteiger partial charge in [0.1, 0.15) is 0 Å². The maximum atomic E-state index is 12.8. The molecule has 0 spiro atoms. The number of likely N-dealkylation sites (N-methyl/N-ethyl adjacent to an activating group) is 1. The number of nitrogens with one attached hydrogen (secondary N) is 1. The smallest absolute Gasteiger partial charge is 0.167 e. The molecule has 1 fully saturated rings. The van der Waals surface area contributed by atoms with E-state index in [4.69, 9.17) is 0 Å². The molecule has 162 valence electrons. The second kappa shape index (κ2) is 11.5. The highest BCUT2D eigenvalue weighted by atomic mass is 16.1. The fourth-order valence-corrected chi connectivity index (χ4v) is 3.80. The van der Waals surface area contributed by atoms with Gasteiger partial charge in [-0.3, -0.25) is 9.69 Å². The average Bonchev–Trinajstić information content (AvgIpc) is 3.24. The summed E-state index contributed by atoms with van der Waals surface area (Å²) < 4.78 is 0. The number of hydrogen-bond acceptors (Lipinski definition) is 4. The summed E-state index contributed by atoms with van der Waals surface area (Å²) in [5.41, 5.74) is 3.91. The molecular formula is C27H33N3O. The van der Waals surface area contributed by atoms with Gasteiger partial charge in [0.15, 0.2) is 5.78 Å². The molecule has 4 nitrogen and oxygen atoms in total. The number of ketones is 1. The molecule has 0 amide bonds. The molecule has 1 aliphatic rings. The summed E-state index contributed by atoms with van der Waals surface area (Å²) in [5, 5.41) is 3.08. The maximum absolute atomic E-state index is 12.8. The number of hydrogen-bond donors (Lipinski definition) is 1. The van der Waals surface area contributed by atoms with Crippen molar-refractivity contribution in [1.82, 2.24) is 15.1 Å². The largest absolute Gasteiger partial charge is 0.391 e. The molecule has 2 aromatic carbocycles. The number of likely N-dealkylation sites (tertiary alicyclic amines) is 1. The normalized spacial score (nSPS) is 16.5. The number of nitrogens with zero attached hydrogens (tertiary/aromatic N) is 2. The van der Waals surface area contributed by atoms with Crippen LogP contribution in [0.1, 0.15) is 40.4 Å².